The summed E-state index contributed by atoms with van der Waals surface area (Å²) in [5.74, 6) is 1.28. The fourth-order valence-electron chi connectivity index (χ4n) is 5.27. The molecule has 1 amide bonds. The summed E-state index contributed by atoms with van der Waals surface area (Å²) in [6, 6.07) is 6.80. The predicted molar refractivity (Wildman–Crippen MR) is 152 cm³/mol. The molecular formula is C28H43N7O4. The lowest BCUT2D eigenvalue weighted by Gasteiger charge is -2.54. The van der Waals surface area contributed by atoms with Crippen molar-refractivity contribution in [2.75, 3.05) is 69.5 Å². The van der Waals surface area contributed by atoms with Crippen LogP contribution in [0.25, 0.3) is 0 Å². The number of hydrogen-bond donors (Lipinski definition) is 2. The number of rotatable bonds is 13. The minimum atomic E-state index is -0.0550. The van der Waals surface area contributed by atoms with Crippen molar-refractivity contribution in [3.05, 3.63) is 29.3 Å². The SMILES string of the molecule is CCCCOc1nc(N)c(NC)c(N(C=O)Cc2ccc(CN3CC4(C3)CN(C(C)C)CCO4)cc2OC)n1. The van der Waals surface area contributed by atoms with Crippen molar-refractivity contribution in [1.29, 1.82) is 0 Å². The number of benzene rings is 1. The Morgan fingerprint density at radius 1 is 1.28 bits per heavy atom. The van der Waals surface area contributed by atoms with Crippen molar-refractivity contribution in [2.24, 2.45) is 0 Å². The number of aromatic nitrogens is 2. The summed E-state index contributed by atoms with van der Waals surface area (Å²) in [7, 11) is 3.36. The number of likely N-dealkylation sites (tertiary alicyclic amines) is 1. The number of ether oxygens (including phenoxy) is 3. The molecule has 2 fully saturated rings. The van der Waals surface area contributed by atoms with Gasteiger partial charge in [0, 0.05) is 51.4 Å². The molecule has 3 heterocycles. The van der Waals surface area contributed by atoms with Crippen molar-refractivity contribution in [3.8, 4) is 11.8 Å². The molecule has 3 N–H and O–H groups in total. The van der Waals surface area contributed by atoms with E-state index in [1.165, 1.54) is 4.90 Å². The van der Waals surface area contributed by atoms with Crippen LogP contribution in [0.4, 0.5) is 17.3 Å². The first kappa shape index (κ1) is 28.8. The number of hydrogen-bond acceptors (Lipinski definition) is 10. The molecule has 0 radical (unpaired) electrons. The standard InChI is InChI=1S/C28H43N7O4/c1-6-7-11-38-27-31-25(29)24(30-4)26(32-27)35(19-36)15-22-9-8-21(13-23(22)37-5)14-33-16-28(17-33)18-34(20(2)3)10-12-39-28/h8-9,13,19-20,30H,6-7,10-12,14-18H2,1-5H3,(H2,29,31,32). The Bertz CT molecular complexity index is 1120. The number of nitrogen functional groups attached to an aromatic ring is 1. The summed E-state index contributed by atoms with van der Waals surface area (Å²) in [5, 5.41) is 3.01. The Balaban J connectivity index is 1.45. The van der Waals surface area contributed by atoms with Crippen molar-refractivity contribution < 1.29 is 19.0 Å². The van der Waals surface area contributed by atoms with Crippen molar-refractivity contribution in [2.45, 2.75) is 58.3 Å². The second-order valence-corrected chi connectivity index (χ2v) is 10.7. The van der Waals surface area contributed by atoms with Crippen LogP contribution < -0.4 is 25.4 Å². The summed E-state index contributed by atoms with van der Waals surface area (Å²) in [6.45, 7) is 12.7. The van der Waals surface area contributed by atoms with Crippen LogP contribution in [0.15, 0.2) is 18.2 Å². The topological polar surface area (TPSA) is 118 Å². The van der Waals surface area contributed by atoms with Crippen LogP contribution in [0.1, 0.15) is 44.7 Å². The van der Waals surface area contributed by atoms with Gasteiger partial charge in [0.2, 0.25) is 6.41 Å². The van der Waals surface area contributed by atoms with E-state index in [2.05, 4.69) is 51.9 Å². The van der Waals surface area contributed by atoms with E-state index in [0.29, 0.717) is 29.9 Å². The summed E-state index contributed by atoms with van der Waals surface area (Å²) in [5.41, 5.74) is 8.57. The van der Waals surface area contributed by atoms with E-state index in [1.807, 2.05) is 12.1 Å². The quantitative estimate of drug-likeness (QED) is 0.289. The minimum absolute atomic E-state index is 0.0550. The molecule has 11 heteroatoms. The minimum Gasteiger partial charge on any atom is -0.496 e. The third kappa shape index (κ3) is 6.71. The third-order valence-corrected chi connectivity index (χ3v) is 7.41. The zero-order valence-electron chi connectivity index (χ0n) is 23.9. The van der Waals surface area contributed by atoms with Gasteiger partial charge in [-0.3, -0.25) is 19.5 Å². The summed E-state index contributed by atoms with van der Waals surface area (Å²) in [6.07, 6.45) is 2.58. The molecular weight excluding hydrogens is 498 g/mol. The maximum Gasteiger partial charge on any atom is 0.320 e. The average Bonchev–Trinajstić information content (AvgIpc) is 2.91. The number of methoxy groups -OCH3 is 1. The van der Waals surface area contributed by atoms with Crippen LogP contribution in [0.2, 0.25) is 0 Å². The molecule has 1 spiro atoms. The van der Waals surface area contributed by atoms with Gasteiger partial charge in [-0.25, -0.2) is 0 Å². The van der Waals surface area contributed by atoms with E-state index in [4.69, 9.17) is 19.9 Å². The number of unbranched alkanes of at least 4 members (excludes halogenated alkanes) is 1. The van der Waals surface area contributed by atoms with E-state index in [9.17, 15) is 4.79 Å². The second-order valence-electron chi connectivity index (χ2n) is 10.7. The van der Waals surface area contributed by atoms with Crippen LogP contribution in [0, 0.1) is 0 Å². The predicted octanol–water partition coefficient (Wildman–Crippen LogP) is 2.75. The van der Waals surface area contributed by atoms with Crippen LogP contribution in [-0.4, -0.2) is 91.4 Å². The fourth-order valence-corrected chi connectivity index (χ4v) is 5.27. The first-order valence-electron chi connectivity index (χ1n) is 13.8. The Kier molecular flexibility index (Phi) is 9.47. The van der Waals surface area contributed by atoms with E-state index >= 15 is 0 Å². The van der Waals surface area contributed by atoms with Gasteiger partial charge in [0.15, 0.2) is 11.6 Å². The Morgan fingerprint density at radius 3 is 2.74 bits per heavy atom. The number of carbonyl (C=O) groups excluding carboxylic acids is 1. The van der Waals surface area contributed by atoms with Gasteiger partial charge < -0.3 is 25.3 Å². The first-order chi connectivity index (χ1) is 18.8. The molecule has 0 saturated carbocycles. The second kappa shape index (κ2) is 12.8. The third-order valence-electron chi connectivity index (χ3n) is 7.41. The number of nitrogens with two attached hydrogens (primary N) is 1. The zero-order chi connectivity index (χ0) is 28.0. The summed E-state index contributed by atoms with van der Waals surface area (Å²) < 4.78 is 17.6. The molecule has 214 valence electrons. The highest BCUT2D eigenvalue weighted by molar-refractivity contribution is 5.85. The molecule has 2 aromatic rings. The lowest BCUT2D eigenvalue weighted by atomic mass is 9.90. The number of nitrogens with one attached hydrogen (secondary N) is 1. The molecule has 1 aromatic carbocycles. The van der Waals surface area contributed by atoms with Crippen molar-refractivity contribution >= 4 is 23.7 Å². The van der Waals surface area contributed by atoms with Crippen LogP contribution in [0.5, 0.6) is 11.8 Å². The molecule has 2 aliphatic heterocycles. The molecule has 39 heavy (non-hydrogen) atoms. The van der Waals surface area contributed by atoms with Crippen molar-refractivity contribution in [1.82, 2.24) is 19.8 Å². The van der Waals surface area contributed by atoms with Gasteiger partial charge in [-0.2, -0.15) is 9.97 Å². The smallest absolute Gasteiger partial charge is 0.320 e. The molecule has 0 unspecified atom stereocenters. The van der Waals surface area contributed by atoms with Gasteiger partial charge in [0.25, 0.3) is 0 Å². The van der Waals surface area contributed by atoms with E-state index < -0.39 is 0 Å². The molecule has 2 saturated heterocycles. The summed E-state index contributed by atoms with van der Waals surface area (Å²) in [4.78, 5) is 27.3. The normalized spacial score (nSPS) is 17.2. The maximum atomic E-state index is 12.2. The largest absolute Gasteiger partial charge is 0.496 e. The monoisotopic (exact) mass is 541 g/mol. The van der Waals surface area contributed by atoms with Gasteiger partial charge in [0.1, 0.15) is 17.0 Å². The van der Waals surface area contributed by atoms with Crippen LogP contribution in [0.3, 0.4) is 0 Å². The van der Waals surface area contributed by atoms with E-state index in [1.54, 1.807) is 14.2 Å². The van der Waals surface area contributed by atoms with E-state index in [0.717, 1.165) is 69.7 Å². The highest BCUT2D eigenvalue weighted by Crippen LogP contribution is 2.34. The zero-order valence-corrected chi connectivity index (χ0v) is 23.9. The number of anilines is 3. The number of nitrogens with zero attached hydrogens (tertiary/aromatic N) is 5. The van der Waals surface area contributed by atoms with Gasteiger partial charge in [-0.15, -0.1) is 0 Å². The Morgan fingerprint density at radius 2 is 2.08 bits per heavy atom. The van der Waals surface area contributed by atoms with E-state index in [-0.39, 0.29) is 24.0 Å². The molecule has 0 atom stereocenters. The van der Waals surface area contributed by atoms with Gasteiger partial charge >= 0.3 is 6.01 Å². The van der Waals surface area contributed by atoms with Crippen LogP contribution >= 0.6 is 0 Å². The number of carbonyl (C=O) groups is 1. The molecule has 0 aliphatic carbocycles. The lowest BCUT2D eigenvalue weighted by Crippen LogP contribution is -2.70. The number of amides is 1. The van der Waals surface area contributed by atoms with Gasteiger partial charge in [0.05, 0.1) is 26.9 Å². The Labute approximate surface area is 231 Å². The van der Waals surface area contributed by atoms with Gasteiger partial charge in [-0.1, -0.05) is 25.5 Å². The van der Waals surface area contributed by atoms with Gasteiger partial charge in [-0.05, 0) is 31.9 Å². The lowest BCUT2D eigenvalue weighted by molar-refractivity contribution is -0.189. The Hall–Kier alpha value is -3.15. The molecule has 0 bridgehead atoms. The number of morpholine rings is 1. The molecule has 2 aliphatic rings. The fraction of sp³-hybridized carbons (Fsp3) is 0.607. The summed E-state index contributed by atoms with van der Waals surface area (Å²) >= 11 is 0. The van der Waals surface area contributed by atoms with Crippen LogP contribution in [-0.2, 0) is 22.6 Å². The first-order valence-corrected chi connectivity index (χ1v) is 13.8. The average molecular weight is 542 g/mol. The molecule has 1 aromatic heterocycles. The maximum absolute atomic E-state index is 12.2. The molecule has 11 nitrogen and oxygen atoms in total. The van der Waals surface area contributed by atoms with Crippen molar-refractivity contribution in [3.63, 3.8) is 0 Å². The highest BCUT2D eigenvalue weighted by Gasteiger charge is 2.47. The highest BCUT2D eigenvalue weighted by atomic mass is 16.5. The molecule has 4 rings (SSSR count).